The molecular weight excluding hydrogens is 440 g/mol. The molecule has 0 bridgehead atoms. The highest BCUT2D eigenvalue weighted by Crippen LogP contribution is 2.65. The first-order valence-electron chi connectivity index (χ1n) is 14.9. The van der Waals surface area contributed by atoms with Crippen LogP contribution in [-0.4, -0.2) is 12.1 Å². The number of esters is 1. The summed E-state index contributed by atoms with van der Waals surface area (Å²) in [5.41, 5.74) is 4.80. The Hall–Kier alpha value is -1.83. The highest BCUT2D eigenvalue weighted by atomic mass is 16.5. The van der Waals surface area contributed by atoms with Gasteiger partial charge in [0, 0.05) is 0 Å². The Balaban J connectivity index is 1.26. The zero-order valence-corrected chi connectivity index (χ0v) is 23.4. The molecule has 2 saturated carbocycles. The molecule has 1 aromatic rings. The molecule has 36 heavy (non-hydrogen) atoms. The van der Waals surface area contributed by atoms with Crippen LogP contribution < -0.4 is 0 Å². The van der Waals surface area contributed by atoms with Gasteiger partial charge in [-0.1, -0.05) is 84.2 Å². The molecule has 0 spiro atoms. The molecule has 0 radical (unpaired) electrons. The third-order valence-electron chi connectivity index (χ3n) is 11.0. The van der Waals surface area contributed by atoms with Crippen molar-refractivity contribution in [2.45, 2.75) is 105 Å². The van der Waals surface area contributed by atoms with E-state index in [4.69, 9.17) is 4.74 Å². The summed E-state index contributed by atoms with van der Waals surface area (Å²) in [4.78, 5) is 12.7. The van der Waals surface area contributed by atoms with Crippen molar-refractivity contribution in [1.82, 2.24) is 0 Å². The van der Waals surface area contributed by atoms with Crippen molar-refractivity contribution in [3.05, 3.63) is 59.2 Å². The first-order valence-corrected chi connectivity index (χ1v) is 14.9. The van der Waals surface area contributed by atoms with Crippen LogP contribution in [-0.2, 0) is 4.74 Å². The number of hydrogen-bond donors (Lipinski definition) is 0. The lowest BCUT2D eigenvalue weighted by Gasteiger charge is -2.56. The average molecular weight is 489 g/mol. The molecule has 0 aromatic heterocycles. The van der Waals surface area contributed by atoms with Gasteiger partial charge in [-0.25, -0.2) is 4.79 Å². The van der Waals surface area contributed by atoms with E-state index in [1.54, 1.807) is 11.1 Å². The first-order chi connectivity index (χ1) is 17.2. The van der Waals surface area contributed by atoms with Gasteiger partial charge in [-0.3, -0.25) is 0 Å². The van der Waals surface area contributed by atoms with Gasteiger partial charge >= 0.3 is 5.97 Å². The van der Waals surface area contributed by atoms with Crippen molar-refractivity contribution < 1.29 is 9.53 Å². The number of carbonyl (C=O) groups excluding carboxylic acids is 1. The van der Waals surface area contributed by atoms with Gasteiger partial charge in [0.05, 0.1) is 5.56 Å². The van der Waals surface area contributed by atoms with Crippen LogP contribution in [0.5, 0.6) is 0 Å². The summed E-state index contributed by atoms with van der Waals surface area (Å²) in [5.74, 6) is 3.57. The molecule has 5 rings (SSSR count). The molecule has 0 heterocycles. The summed E-state index contributed by atoms with van der Waals surface area (Å²) in [6, 6.07) is 9.48. The lowest BCUT2D eigenvalue weighted by molar-refractivity contribution is -0.0409. The summed E-state index contributed by atoms with van der Waals surface area (Å²) in [5, 5.41) is 0. The number of fused-ring (bicyclic) bond motifs is 5. The number of carbonyl (C=O) groups is 1. The van der Waals surface area contributed by atoms with Gasteiger partial charge in [-0.15, -0.1) is 0 Å². The maximum atomic E-state index is 12.7. The number of benzene rings is 1. The summed E-state index contributed by atoms with van der Waals surface area (Å²) < 4.78 is 6.01. The minimum atomic E-state index is -0.158. The minimum absolute atomic E-state index is 0.0568. The molecule has 0 saturated heterocycles. The number of hydrogen-bond acceptors (Lipinski definition) is 2. The van der Waals surface area contributed by atoms with Crippen LogP contribution in [0.25, 0.3) is 0 Å². The molecule has 4 aliphatic carbocycles. The van der Waals surface area contributed by atoms with Crippen molar-refractivity contribution in [1.29, 1.82) is 0 Å². The fourth-order valence-corrected chi connectivity index (χ4v) is 8.71. The van der Waals surface area contributed by atoms with Crippen molar-refractivity contribution in [3.8, 4) is 0 Å². The zero-order chi connectivity index (χ0) is 25.5. The third-order valence-corrected chi connectivity index (χ3v) is 11.0. The third kappa shape index (κ3) is 4.63. The topological polar surface area (TPSA) is 26.3 Å². The fraction of sp³-hybridized carbons (Fsp3) is 0.676. The van der Waals surface area contributed by atoms with Gasteiger partial charge in [0.1, 0.15) is 6.10 Å². The van der Waals surface area contributed by atoms with Crippen LogP contribution in [0.4, 0.5) is 0 Å². The molecule has 2 fully saturated rings. The van der Waals surface area contributed by atoms with E-state index in [9.17, 15) is 4.79 Å². The highest BCUT2D eigenvalue weighted by Gasteiger charge is 2.55. The minimum Gasteiger partial charge on any atom is -0.459 e. The van der Waals surface area contributed by atoms with E-state index in [2.05, 4.69) is 46.8 Å². The maximum absolute atomic E-state index is 12.7. The van der Waals surface area contributed by atoms with Gasteiger partial charge in [-0.05, 0) is 109 Å². The monoisotopic (exact) mass is 488 g/mol. The van der Waals surface area contributed by atoms with E-state index < -0.39 is 0 Å². The van der Waals surface area contributed by atoms with Gasteiger partial charge in [0.25, 0.3) is 0 Å². The molecular formula is C34H48O2. The van der Waals surface area contributed by atoms with Crippen molar-refractivity contribution >= 4 is 5.97 Å². The number of allylic oxidation sites excluding steroid dienone is 4. The molecule has 0 aliphatic heterocycles. The summed E-state index contributed by atoms with van der Waals surface area (Å²) in [6.45, 7) is 12.4. The van der Waals surface area contributed by atoms with E-state index in [0.717, 1.165) is 37.0 Å². The normalized spacial score (nSPS) is 36.3. The molecule has 7 atom stereocenters. The molecule has 7 unspecified atom stereocenters. The summed E-state index contributed by atoms with van der Waals surface area (Å²) in [7, 11) is 0. The van der Waals surface area contributed by atoms with Crippen LogP contribution in [0.1, 0.15) is 109 Å². The highest BCUT2D eigenvalue weighted by molar-refractivity contribution is 5.89. The largest absolute Gasteiger partial charge is 0.459 e. The predicted molar refractivity (Wildman–Crippen MR) is 149 cm³/mol. The van der Waals surface area contributed by atoms with E-state index in [-0.39, 0.29) is 12.1 Å². The first kappa shape index (κ1) is 25.8. The standard InChI is InChI=1S/C34H48O2/c1-23(2)10-9-11-24(3)29-16-17-30-28-15-14-26-22-27(36-32(35)25-12-7-6-8-13-25)18-20-33(26,4)31(28)19-21-34(29,30)5/h6-8,12-13,15,17,23-24,26-27,29,31H,9-11,14,16,18-22H2,1-5H3. The van der Waals surface area contributed by atoms with Gasteiger partial charge < -0.3 is 4.74 Å². The zero-order valence-electron chi connectivity index (χ0n) is 23.4. The van der Waals surface area contributed by atoms with Gasteiger partial charge in [0.15, 0.2) is 0 Å². The summed E-state index contributed by atoms with van der Waals surface area (Å²) in [6.07, 6.45) is 17.7. The molecule has 0 N–H and O–H groups in total. The van der Waals surface area contributed by atoms with Crippen LogP contribution in [0.3, 0.4) is 0 Å². The summed E-state index contributed by atoms with van der Waals surface area (Å²) >= 11 is 0. The second kappa shape index (κ2) is 10.1. The fourth-order valence-electron chi connectivity index (χ4n) is 8.71. The van der Waals surface area contributed by atoms with Crippen molar-refractivity contribution in [2.24, 2.45) is 40.4 Å². The van der Waals surface area contributed by atoms with Crippen LogP contribution in [0.15, 0.2) is 53.6 Å². The van der Waals surface area contributed by atoms with E-state index in [0.29, 0.717) is 28.2 Å². The Morgan fingerprint density at radius 2 is 1.78 bits per heavy atom. The number of ether oxygens (including phenoxy) is 1. The molecule has 2 heteroatoms. The van der Waals surface area contributed by atoms with E-state index >= 15 is 0 Å². The van der Waals surface area contributed by atoms with Gasteiger partial charge in [0.2, 0.25) is 0 Å². The van der Waals surface area contributed by atoms with Crippen molar-refractivity contribution in [2.75, 3.05) is 0 Å². The van der Waals surface area contributed by atoms with Crippen LogP contribution in [0.2, 0.25) is 0 Å². The number of rotatable bonds is 7. The van der Waals surface area contributed by atoms with Crippen LogP contribution in [0, 0.1) is 40.4 Å². The van der Waals surface area contributed by atoms with Crippen molar-refractivity contribution in [3.63, 3.8) is 0 Å². The Labute approximate surface area is 220 Å². The second-order valence-electron chi connectivity index (χ2n) is 13.5. The Kier molecular flexibility index (Phi) is 7.27. The Bertz CT molecular complexity index is 1000. The molecule has 2 nitrogen and oxygen atoms in total. The Morgan fingerprint density at radius 1 is 1.00 bits per heavy atom. The molecule has 4 aliphatic rings. The average Bonchev–Trinajstić information content (AvgIpc) is 3.22. The lowest BCUT2D eigenvalue weighted by Crippen LogP contribution is -2.48. The maximum Gasteiger partial charge on any atom is 0.338 e. The smallest absolute Gasteiger partial charge is 0.338 e. The molecule has 1 aromatic carbocycles. The predicted octanol–water partition coefficient (Wildman–Crippen LogP) is 9.17. The quantitative estimate of drug-likeness (QED) is 0.358. The SMILES string of the molecule is CC(C)CCCC(C)C1CC=C2C3=CCC4CC(OC(=O)c5ccccc5)CCC4(C)C3CCC21C. The molecule has 196 valence electrons. The van der Waals surface area contributed by atoms with Gasteiger partial charge in [-0.2, -0.15) is 0 Å². The lowest BCUT2D eigenvalue weighted by atomic mass is 9.48. The second-order valence-corrected chi connectivity index (χ2v) is 13.5. The van der Waals surface area contributed by atoms with E-state index in [1.165, 1.54) is 44.9 Å². The molecule has 0 amide bonds. The van der Waals surface area contributed by atoms with Crippen LogP contribution >= 0.6 is 0 Å². The Morgan fingerprint density at radius 3 is 2.53 bits per heavy atom. The van der Waals surface area contributed by atoms with E-state index in [1.807, 2.05) is 30.3 Å².